The van der Waals surface area contributed by atoms with Crippen LogP contribution in [0.4, 0.5) is 0 Å². The fourth-order valence-electron chi connectivity index (χ4n) is 8.05. The van der Waals surface area contributed by atoms with Crippen molar-refractivity contribution >= 4 is 33.7 Å². The first-order valence-electron chi connectivity index (χ1n) is 19.5. The molecule has 10 aromatic rings. The lowest BCUT2D eigenvalue weighted by Gasteiger charge is -2.35. The predicted octanol–water partition coefficient (Wildman–Crippen LogP) is 12.7. The lowest BCUT2D eigenvalue weighted by Crippen LogP contribution is -2.24. The number of hydrogen-bond donors (Lipinski definition) is 0. The number of rotatable bonds is 6. The van der Waals surface area contributed by atoms with Crippen molar-refractivity contribution in [2.24, 2.45) is 0 Å². The summed E-state index contributed by atoms with van der Waals surface area (Å²) in [6.45, 7) is 4.58. The van der Waals surface area contributed by atoms with Crippen molar-refractivity contribution in [2.75, 3.05) is 0 Å². The monoisotopic (exact) mass is 778 g/mol. The Labute approximate surface area is 345 Å². The summed E-state index contributed by atoms with van der Waals surface area (Å²) >= 11 is 1.78. The summed E-state index contributed by atoms with van der Waals surface area (Å²) in [5.41, 5.74) is 9.09. The average Bonchev–Trinajstić information content (AvgIpc) is 3.68. The molecule has 0 radical (unpaired) electrons. The number of benzene rings is 7. The van der Waals surface area contributed by atoms with Gasteiger partial charge in [0.2, 0.25) is 0 Å². The molecule has 0 saturated heterocycles. The van der Waals surface area contributed by atoms with Crippen LogP contribution >= 0.6 is 11.8 Å². The first-order chi connectivity index (χ1) is 29.0. The maximum atomic E-state index is 6.44. The van der Waals surface area contributed by atoms with Crippen LogP contribution in [0.25, 0.3) is 90.3 Å². The summed E-state index contributed by atoms with van der Waals surface area (Å²) in [7, 11) is 0. The third-order valence-corrected chi connectivity index (χ3v) is 12.3. The second-order valence-electron chi connectivity index (χ2n) is 15.1. The number of para-hydroxylation sites is 2. The highest BCUT2D eigenvalue weighted by atomic mass is 32.2. The molecule has 11 rings (SSSR count). The van der Waals surface area contributed by atoms with Gasteiger partial charge in [-0.1, -0.05) is 171 Å². The number of hydrogen-bond acceptors (Lipinski definition) is 8. The second kappa shape index (κ2) is 14.0. The highest BCUT2D eigenvalue weighted by molar-refractivity contribution is 7.99. The van der Waals surface area contributed by atoms with E-state index < -0.39 is 0 Å². The molecule has 1 aliphatic rings. The van der Waals surface area contributed by atoms with Crippen molar-refractivity contribution in [3.63, 3.8) is 0 Å². The van der Waals surface area contributed by atoms with E-state index in [1.165, 1.54) is 16.0 Å². The van der Waals surface area contributed by atoms with Crippen LogP contribution in [0, 0.1) is 0 Å². The molecule has 0 atom stereocenters. The fraction of sp³-hybridized carbons (Fsp3) is 0.0588. The Morgan fingerprint density at radius 1 is 0.407 bits per heavy atom. The maximum Gasteiger partial charge on any atom is 0.167 e. The van der Waals surface area contributed by atoms with Gasteiger partial charge in [-0.15, -0.1) is 0 Å². The summed E-state index contributed by atoms with van der Waals surface area (Å²) in [4.78, 5) is 33.1. The number of nitrogens with zero attached hydrogens (tertiary/aromatic N) is 6. The van der Waals surface area contributed by atoms with Crippen LogP contribution in [0.5, 0.6) is 0 Å². The molecule has 7 nitrogen and oxygen atoms in total. The summed E-state index contributed by atoms with van der Waals surface area (Å²) in [5.74, 6) is 3.38. The molecule has 4 heterocycles. The smallest absolute Gasteiger partial charge is 0.167 e. The third kappa shape index (κ3) is 6.08. The van der Waals surface area contributed by atoms with Crippen molar-refractivity contribution in [2.45, 2.75) is 29.1 Å². The van der Waals surface area contributed by atoms with Crippen molar-refractivity contribution in [3.05, 3.63) is 181 Å². The molecule has 3 aromatic heterocycles. The zero-order chi connectivity index (χ0) is 39.5. The van der Waals surface area contributed by atoms with Gasteiger partial charge in [-0.3, -0.25) is 0 Å². The molecule has 1 aliphatic heterocycles. The van der Waals surface area contributed by atoms with E-state index in [9.17, 15) is 0 Å². The Morgan fingerprint density at radius 2 is 0.881 bits per heavy atom. The van der Waals surface area contributed by atoms with Gasteiger partial charge in [0.1, 0.15) is 11.2 Å². The van der Waals surface area contributed by atoms with E-state index >= 15 is 0 Å². The second-order valence-corrected chi connectivity index (χ2v) is 16.2. The van der Waals surface area contributed by atoms with Crippen LogP contribution in [0.1, 0.15) is 25.0 Å². The van der Waals surface area contributed by atoms with Crippen molar-refractivity contribution in [1.29, 1.82) is 0 Å². The number of aromatic nitrogens is 6. The third-order valence-electron chi connectivity index (χ3n) is 11.1. The van der Waals surface area contributed by atoms with Gasteiger partial charge < -0.3 is 4.42 Å². The van der Waals surface area contributed by atoms with Gasteiger partial charge >= 0.3 is 0 Å². The minimum absolute atomic E-state index is 0.197. The van der Waals surface area contributed by atoms with Crippen molar-refractivity contribution < 1.29 is 4.42 Å². The minimum Gasteiger partial charge on any atom is -0.455 e. The molecule has 0 unspecified atom stereocenters. The highest BCUT2D eigenvalue weighted by Crippen LogP contribution is 2.51. The Hall–Kier alpha value is -7.29. The molecule has 8 heteroatoms. The van der Waals surface area contributed by atoms with E-state index in [2.05, 4.69) is 74.5 Å². The van der Waals surface area contributed by atoms with E-state index in [-0.39, 0.29) is 5.41 Å². The summed E-state index contributed by atoms with van der Waals surface area (Å²) in [6, 6.07) is 57.5. The summed E-state index contributed by atoms with van der Waals surface area (Å²) in [5, 5.41) is 2.05. The Balaban J connectivity index is 1.07. The van der Waals surface area contributed by atoms with E-state index in [0.29, 0.717) is 34.9 Å². The molecular formula is C51H34N6OS. The molecular weight excluding hydrogens is 745 g/mol. The van der Waals surface area contributed by atoms with Crippen LogP contribution in [0.3, 0.4) is 0 Å². The number of furan rings is 1. The van der Waals surface area contributed by atoms with Crippen LogP contribution in [-0.2, 0) is 5.41 Å². The molecule has 0 amide bonds. The molecule has 0 saturated carbocycles. The molecule has 0 fully saturated rings. The van der Waals surface area contributed by atoms with Crippen LogP contribution in [0.2, 0.25) is 0 Å². The maximum absolute atomic E-state index is 6.44. The Bertz CT molecular complexity index is 3240. The topological polar surface area (TPSA) is 90.5 Å². The molecule has 0 spiro atoms. The van der Waals surface area contributed by atoms with Crippen molar-refractivity contribution in [3.8, 4) is 68.3 Å². The standard InChI is InChI=1S/C51H34N6OS/c1-51(2)39-26-10-12-29-42(39)59-44-38(25-15-27-40(44)51)50-55-46(32-18-7-4-8-19-32)53-48(57-50)34-21-13-20-33(30-34)47-52-45(31-16-5-3-6-17-31)54-49(56-47)37-24-14-23-36-35-22-9-11-28-41(35)58-43(36)37/h3-30H,1-2H3. The van der Waals surface area contributed by atoms with E-state index in [1.807, 2.05) is 109 Å². The first-order valence-corrected chi connectivity index (χ1v) is 20.4. The highest BCUT2D eigenvalue weighted by Gasteiger charge is 2.34. The SMILES string of the molecule is CC1(C)c2ccccc2Sc2c(-c3nc(-c4ccccc4)nc(-c4cccc(-c5nc(-c6ccccc6)nc(-c6cccc7c6oc6ccccc67)n5)c4)n3)cccc21. The lowest BCUT2D eigenvalue weighted by molar-refractivity contribution is 0.608. The van der Waals surface area contributed by atoms with E-state index in [0.717, 1.165) is 60.2 Å². The average molecular weight is 779 g/mol. The Kier molecular flexibility index (Phi) is 8.27. The molecule has 0 aliphatic carbocycles. The molecule has 59 heavy (non-hydrogen) atoms. The van der Waals surface area contributed by atoms with Gasteiger partial charge in [0.15, 0.2) is 34.9 Å². The Morgan fingerprint density at radius 3 is 1.58 bits per heavy atom. The van der Waals surface area contributed by atoms with Crippen LogP contribution in [0.15, 0.2) is 184 Å². The lowest BCUT2D eigenvalue weighted by atomic mass is 9.77. The quantitative estimate of drug-likeness (QED) is 0.165. The van der Waals surface area contributed by atoms with E-state index in [1.54, 1.807) is 11.8 Å². The number of fused-ring (bicyclic) bond motifs is 5. The summed E-state index contributed by atoms with van der Waals surface area (Å²) < 4.78 is 6.44. The van der Waals surface area contributed by atoms with Crippen LogP contribution < -0.4 is 0 Å². The van der Waals surface area contributed by atoms with Gasteiger partial charge in [-0.25, -0.2) is 29.9 Å². The van der Waals surface area contributed by atoms with Gasteiger partial charge in [-0.2, -0.15) is 0 Å². The van der Waals surface area contributed by atoms with Gasteiger partial charge in [0, 0.05) is 53.8 Å². The predicted molar refractivity (Wildman–Crippen MR) is 236 cm³/mol. The fourth-order valence-corrected chi connectivity index (χ4v) is 9.55. The molecule has 0 bridgehead atoms. The molecule has 280 valence electrons. The normalized spacial score (nSPS) is 13.0. The van der Waals surface area contributed by atoms with Crippen LogP contribution in [-0.4, -0.2) is 29.9 Å². The zero-order valence-corrected chi connectivity index (χ0v) is 33.0. The molecule has 7 aromatic carbocycles. The van der Waals surface area contributed by atoms with E-state index in [4.69, 9.17) is 34.3 Å². The van der Waals surface area contributed by atoms with Gasteiger partial charge in [0.25, 0.3) is 0 Å². The zero-order valence-electron chi connectivity index (χ0n) is 32.2. The largest absolute Gasteiger partial charge is 0.455 e. The summed E-state index contributed by atoms with van der Waals surface area (Å²) in [6.07, 6.45) is 0. The molecule has 0 N–H and O–H groups in total. The minimum atomic E-state index is -0.197. The van der Waals surface area contributed by atoms with Crippen molar-refractivity contribution in [1.82, 2.24) is 29.9 Å². The first kappa shape index (κ1) is 34.9. The van der Waals surface area contributed by atoms with Gasteiger partial charge in [0.05, 0.1) is 5.56 Å². The van der Waals surface area contributed by atoms with Gasteiger partial charge in [-0.05, 0) is 35.4 Å².